The molecule has 0 spiro atoms. The van der Waals surface area contributed by atoms with E-state index in [0.29, 0.717) is 22.8 Å². The third-order valence-corrected chi connectivity index (χ3v) is 5.34. The monoisotopic (exact) mass is 425 g/mol. The minimum absolute atomic E-state index is 0.187. The van der Waals surface area contributed by atoms with Gasteiger partial charge in [-0.2, -0.15) is 0 Å². The SMILES string of the molecule is COc1ccc([C@@]2(C)NC(=O)N(CC(=O)NC[C@H]3COc4ccccc4O3)C2=O)cc1. The molecule has 2 atom stereocenters. The minimum Gasteiger partial charge on any atom is -0.497 e. The zero-order chi connectivity index (χ0) is 22.0. The molecule has 4 amide bonds. The van der Waals surface area contributed by atoms with Crippen LogP contribution in [0, 0.1) is 0 Å². The number of urea groups is 1. The maximum atomic E-state index is 13.0. The van der Waals surface area contributed by atoms with Gasteiger partial charge >= 0.3 is 6.03 Å². The Morgan fingerprint density at radius 2 is 1.90 bits per heavy atom. The number of hydrogen-bond acceptors (Lipinski definition) is 6. The first-order chi connectivity index (χ1) is 14.9. The van der Waals surface area contributed by atoms with Gasteiger partial charge in [0, 0.05) is 0 Å². The van der Waals surface area contributed by atoms with Crippen LogP contribution in [-0.2, 0) is 15.1 Å². The summed E-state index contributed by atoms with van der Waals surface area (Å²) in [4.78, 5) is 38.7. The van der Waals surface area contributed by atoms with Crippen LogP contribution in [0.15, 0.2) is 48.5 Å². The quantitative estimate of drug-likeness (QED) is 0.678. The number of nitrogens with zero attached hydrogens (tertiary/aromatic N) is 1. The molecule has 162 valence electrons. The van der Waals surface area contributed by atoms with E-state index in [-0.39, 0.29) is 25.8 Å². The second kappa shape index (κ2) is 8.17. The van der Waals surface area contributed by atoms with Gasteiger partial charge in [-0.3, -0.25) is 14.5 Å². The summed E-state index contributed by atoms with van der Waals surface area (Å²) in [6.07, 6.45) is -0.369. The number of benzene rings is 2. The molecule has 0 radical (unpaired) electrons. The number of hydrogen-bond donors (Lipinski definition) is 2. The van der Waals surface area contributed by atoms with Crippen molar-refractivity contribution in [3.05, 3.63) is 54.1 Å². The van der Waals surface area contributed by atoms with Gasteiger partial charge in [-0.15, -0.1) is 0 Å². The largest absolute Gasteiger partial charge is 0.497 e. The van der Waals surface area contributed by atoms with Crippen molar-refractivity contribution in [2.24, 2.45) is 0 Å². The summed E-state index contributed by atoms with van der Waals surface area (Å²) in [5.41, 5.74) is -0.658. The van der Waals surface area contributed by atoms with Crippen molar-refractivity contribution in [2.45, 2.75) is 18.6 Å². The second-order valence-electron chi connectivity index (χ2n) is 7.48. The fraction of sp³-hybridized carbons (Fsp3) is 0.318. The van der Waals surface area contributed by atoms with E-state index in [1.54, 1.807) is 44.4 Å². The molecule has 2 aliphatic heterocycles. The zero-order valence-corrected chi connectivity index (χ0v) is 17.2. The highest BCUT2D eigenvalue weighted by molar-refractivity contribution is 6.09. The molecule has 0 aliphatic carbocycles. The lowest BCUT2D eigenvalue weighted by Gasteiger charge is -2.26. The van der Waals surface area contributed by atoms with Crippen LogP contribution in [0.4, 0.5) is 4.79 Å². The summed E-state index contributed by atoms with van der Waals surface area (Å²) in [6.45, 7) is 1.70. The average molecular weight is 425 g/mol. The minimum atomic E-state index is -1.26. The Morgan fingerprint density at radius 3 is 2.61 bits per heavy atom. The van der Waals surface area contributed by atoms with Gasteiger partial charge in [-0.1, -0.05) is 24.3 Å². The van der Waals surface area contributed by atoms with Gasteiger partial charge in [0.25, 0.3) is 5.91 Å². The lowest BCUT2D eigenvalue weighted by molar-refractivity contribution is -0.134. The summed E-state index contributed by atoms with van der Waals surface area (Å²) in [7, 11) is 1.54. The topological polar surface area (TPSA) is 106 Å². The number of methoxy groups -OCH3 is 1. The molecule has 9 nitrogen and oxygen atoms in total. The van der Waals surface area contributed by atoms with E-state index >= 15 is 0 Å². The summed E-state index contributed by atoms with van der Waals surface area (Å²) in [5.74, 6) is 0.936. The summed E-state index contributed by atoms with van der Waals surface area (Å²) >= 11 is 0. The Labute approximate surface area is 179 Å². The fourth-order valence-electron chi connectivity index (χ4n) is 3.55. The first kappa shape index (κ1) is 20.5. The molecule has 4 rings (SSSR count). The number of ether oxygens (including phenoxy) is 3. The molecule has 2 N–H and O–H groups in total. The summed E-state index contributed by atoms with van der Waals surface area (Å²) in [6, 6.07) is 13.5. The molecule has 2 aliphatic rings. The molecule has 0 saturated carbocycles. The van der Waals surface area contributed by atoms with Gasteiger partial charge in [0.15, 0.2) is 11.5 Å². The summed E-state index contributed by atoms with van der Waals surface area (Å²) < 4.78 is 16.5. The molecule has 0 bridgehead atoms. The van der Waals surface area contributed by atoms with E-state index in [2.05, 4.69) is 10.6 Å². The molecule has 2 heterocycles. The number of nitrogens with one attached hydrogen (secondary N) is 2. The standard InChI is InChI=1S/C22H23N3O6/c1-22(14-7-9-15(29-2)10-8-14)20(27)25(21(28)24-22)12-19(26)23-11-16-13-30-17-5-3-4-6-18(17)31-16/h3-10,16H,11-13H2,1-2H3,(H,23,26)(H,24,28)/t16-,22+/m0/s1. The van der Waals surface area contributed by atoms with Crippen molar-refractivity contribution in [3.63, 3.8) is 0 Å². The van der Waals surface area contributed by atoms with Crippen molar-refractivity contribution in [2.75, 3.05) is 26.8 Å². The Hall–Kier alpha value is -3.75. The van der Waals surface area contributed by atoms with Crippen LogP contribution >= 0.6 is 0 Å². The molecular formula is C22H23N3O6. The van der Waals surface area contributed by atoms with Crippen LogP contribution in [0.25, 0.3) is 0 Å². The van der Waals surface area contributed by atoms with Crippen molar-refractivity contribution in [1.29, 1.82) is 0 Å². The van der Waals surface area contributed by atoms with Gasteiger partial charge in [-0.05, 0) is 36.8 Å². The fourth-order valence-corrected chi connectivity index (χ4v) is 3.55. The van der Waals surface area contributed by atoms with E-state index in [1.165, 1.54) is 0 Å². The maximum Gasteiger partial charge on any atom is 0.325 e. The van der Waals surface area contributed by atoms with Crippen molar-refractivity contribution in [1.82, 2.24) is 15.5 Å². The molecule has 31 heavy (non-hydrogen) atoms. The lowest BCUT2D eigenvalue weighted by atomic mass is 9.92. The number of fused-ring (bicyclic) bond motifs is 1. The van der Waals surface area contributed by atoms with Crippen LogP contribution < -0.4 is 24.8 Å². The van der Waals surface area contributed by atoms with E-state index in [9.17, 15) is 14.4 Å². The Kier molecular flexibility index (Phi) is 5.41. The highest BCUT2D eigenvalue weighted by Crippen LogP contribution is 2.31. The van der Waals surface area contributed by atoms with E-state index in [1.807, 2.05) is 18.2 Å². The second-order valence-corrected chi connectivity index (χ2v) is 7.48. The molecule has 2 aromatic carbocycles. The third-order valence-electron chi connectivity index (χ3n) is 5.34. The molecule has 1 fully saturated rings. The van der Waals surface area contributed by atoms with E-state index in [0.717, 1.165) is 4.90 Å². The molecule has 1 saturated heterocycles. The highest BCUT2D eigenvalue weighted by Gasteiger charge is 2.49. The first-order valence-corrected chi connectivity index (χ1v) is 9.84. The smallest absolute Gasteiger partial charge is 0.325 e. The molecule has 9 heteroatoms. The van der Waals surface area contributed by atoms with Crippen molar-refractivity contribution in [3.8, 4) is 17.2 Å². The van der Waals surface area contributed by atoms with E-state index < -0.39 is 23.4 Å². The molecule has 2 aromatic rings. The van der Waals surface area contributed by atoms with Gasteiger partial charge in [-0.25, -0.2) is 4.79 Å². The highest BCUT2D eigenvalue weighted by atomic mass is 16.6. The molecule has 0 unspecified atom stereocenters. The average Bonchev–Trinajstić information content (AvgIpc) is 3.01. The predicted octanol–water partition coefficient (Wildman–Crippen LogP) is 1.42. The third kappa shape index (κ3) is 3.98. The van der Waals surface area contributed by atoms with Crippen LogP contribution in [0.1, 0.15) is 12.5 Å². The number of carbonyl (C=O) groups is 3. The van der Waals surface area contributed by atoms with E-state index in [4.69, 9.17) is 14.2 Å². The predicted molar refractivity (Wildman–Crippen MR) is 110 cm³/mol. The maximum absolute atomic E-state index is 13.0. The van der Waals surface area contributed by atoms with Gasteiger partial charge in [0.2, 0.25) is 5.91 Å². The number of para-hydroxylation sites is 2. The van der Waals surface area contributed by atoms with Gasteiger partial charge in [0.1, 0.15) is 30.5 Å². The number of amides is 4. The Balaban J connectivity index is 1.35. The lowest BCUT2D eigenvalue weighted by Crippen LogP contribution is -2.46. The van der Waals surface area contributed by atoms with Crippen LogP contribution in [-0.4, -0.2) is 55.7 Å². The van der Waals surface area contributed by atoms with Gasteiger partial charge < -0.3 is 24.8 Å². The first-order valence-electron chi connectivity index (χ1n) is 9.84. The number of rotatable bonds is 6. The Morgan fingerprint density at radius 1 is 1.19 bits per heavy atom. The van der Waals surface area contributed by atoms with Crippen LogP contribution in [0.5, 0.6) is 17.2 Å². The molecule has 0 aromatic heterocycles. The van der Waals surface area contributed by atoms with Gasteiger partial charge in [0.05, 0.1) is 13.7 Å². The van der Waals surface area contributed by atoms with Crippen LogP contribution in [0.3, 0.4) is 0 Å². The van der Waals surface area contributed by atoms with Crippen molar-refractivity contribution >= 4 is 17.8 Å². The number of imide groups is 1. The zero-order valence-electron chi connectivity index (χ0n) is 17.2. The number of carbonyl (C=O) groups excluding carboxylic acids is 3. The van der Waals surface area contributed by atoms with Crippen LogP contribution in [0.2, 0.25) is 0 Å². The Bertz CT molecular complexity index is 1010. The summed E-state index contributed by atoms with van der Waals surface area (Å²) in [5, 5.41) is 5.38. The molecular weight excluding hydrogens is 402 g/mol. The van der Waals surface area contributed by atoms with Crippen molar-refractivity contribution < 1.29 is 28.6 Å². The normalized spacial score (nSPS) is 22.1.